The lowest BCUT2D eigenvalue weighted by atomic mass is 10.2. The molecule has 0 radical (unpaired) electrons. The molecule has 3 rings (SSSR count). The van der Waals surface area contributed by atoms with Crippen LogP contribution in [0.2, 0.25) is 0 Å². The second-order valence-corrected chi connectivity index (χ2v) is 7.73. The number of allylic oxidation sites excluding steroid dienone is 2. The van der Waals surface area contributed by atoms with Crippen molar-refractivity contribution in [3.8, 4) is 0 Å². The van der Waals surface area contributed by atoms with E-state index in [9.17, 15) is 9.00 Å². The number of hydrogen-bond acceptors (Lipinski definition) is 5. The molecule has 8 heteroatoms. The average molecular weight is 497 g/mol. The van der Waals surface area contributed by atoms with E-state index in [1.165, 1.54) is 3.97 Å². The Labute approximate surface area is 188 Å². The molecule has 0 amide bonds. The van der Waals surface area contributed by atoms with Gasteiger partial charge in [-0.2, -0.15) is 0 Å². The molecule has 1 atom stereocenters. The Hall–Kier alpha value is -1.87. The second-order valence-electron chi connectivity index (χ2n) is 5.48. The van der Waals surface area contributed by atoms with Crippen molar-refractivity contribution in [2.75, 3.05) is 6.61 Å². The van der Waals surface area contributed by atoms with Crippen LogP contribution in [0.4, 0.5) is 0 Å². The first-order chi connectivity index (χ1) is 14.0. The molecular weight excluding hydrogens is 472 g/mol. The third kappa shape index (κ3) is 6.85. The number of halogens is 1. The Morgan fingerprint density at radius 1 is 1.14 bits per heavy atom. The summed E-state index contributed by atoms with van der Waals surface area (Å²) in [5.41, 5.74) is 0.992. The maximum absolute atomic E-state index is 13.0. The Morgan fingerprint density at radius 2 is 1.76 bits per heavy atom. The highest BCUT2D eigenvalue weighted by Crippen LogP contribution is 2.27. The first kappa shape index (κ1) is 25.2. The molecule has 0 fully saturated rings. The minimum Gasteiger partial charge on any atom is -0.461 e. The molecule has 2 aromatic carbocycles. The van der Waals surface area contributed by atoms with Gasteiger partial charge in [0.25, 0.3) is 0 Å². The van der Waals surface area contributed by atoms with Crippen LogP contribution in [0.15, 0.2) is 76.1 Å². The smallest absolute Gasteiger partial charge is 0.355 e. The highest BCUT2D eigenvalue weighted by atomic mass is 79.9. The fourth-order valence-corrected chi connectivity index (χ4v) is 3.91. The molecule has 2 N–H and O–H groups in total. The van der Waals surface area contributed by atoms with E-state index in [0.717, 1.165) is 9.86 Å². The summed E-state index contributed by atoms with van der Waals surface area (Å²) in [5, 5.41) is 5.03. The Morgan fingerprint density at radius 3 is 2.31 bits per heavy atom. The summed E-state index contributed by atoms with van der Waals surface area (Å²) in [5.74, 6) is -0.482. The van der Waals surface area contributed by atoms with Gasteiger partial charge < -0.3 is 4.74 Å². The van der Waals surface area contributed by atoms with Gasteiger partial charge in [-0.1, -0.05) is 52.3 Å². The van der Waals surface area contributed by atoms with Gasteiger partial charge in [0, 0.05) is 9.86 Å². The van der Waals surface area contributed by atoms with E-state index >= 15 is 0 Å². The SMILES string of the molecule is CC=CC.CCOC(=O)c1cc2ccc(Br)cc2n1S(=O)c1ccccc1.NS. The lowest BCUT2D eigenvalue weighted by Gasteiger charge is -2.09. The zero-order chi connectivity index (χ0) is 21.8. The summed E-state index contributed by atoms with van der Waals surface area (Å²) in [6, 6.07) is 16.4. The number of carbonyl (C=O) groups is 1. The van der Waals surface area contributed by atoms with Crippen LogP contribution in [0.5, 0.6) is 0 Å². The maximum atomic E-state index is 13.0. The quantitative estimate of drug-likeness (QED) is 0.283. The number of fused-ring (bicyclic) bond motifs is 1. The number of nitrogens with two attached hydrogens (primary N) is 1. The molecule has 3 aromatic rings. The van der Waals surface area contributed by atoms with Crippen LogP contribution in [0.3, 0.4) is 0 Å². The normalized spacial score (nSPS) is 11.2. The third-order valence-electron chi connectivity index (χ3n) is 3.65. The molecule has 0 aliphatic rings. The van der Waals surface area contributed by atoms with Crippen molar-refractivity contribution in [2.24, 2.45) is 5.14 Å². The molecule has 29 heavy (non-hydrogen) atoms. The molecule has 0 bridgehead atoms. The monoisotopic (exact) mass is 496 g/mol. The summed E-state index contributed by atoms with van der Waals surface area (Å²) in [6.45, 7) is 6.01. The van der Waals surface area contributed by atoms with E-state index in [-0.39, 0.29) is 12.3 Å². The van der Waals surface area contributed by atoms with Gasteiger partial charge in [0.15, 0.2) is 11.0 Å². The van der Waals surface area contributed by atoms with Crippen molar-refractivity contribution in [3.05, 3.63) is 76.9 Å². The number of benzene rings is 2. The van der Waals surface area contributed by atoms with Crippen molar-refractivity contribution in [3.63, 3.8) is 0 Å². The van der Waals surface area contributed by atoms with Gasteiger partial charge >= 0.3 is 5.97 Å². The van der Waals surface area contributed by atoms with Crippen molar-refractivity contribution < 1.29 is 13.7 Å². The second kappa shape index (κ2) is 13.4. The lowest BCUT2D eigenvalue weighted by Crippen LogP contribution is -2.15. The topological polar surface area (TPSA) is 74.3 Å². The number of ether oxygens (including phenoxy) is 1. The largest absolute Gasteiger partial charge is 0.461 e. The van der Waals surface area contributed by atoms with Gasteiger partial charge in [-0.25, -0.2) is 13.0 Å². The van der Waals surface area contributed by atoms with E-state index in [0.29, 0.717) is 10.4 Å². The van der Waals surface area contributed by atoms with Gasteiger partial charge in [-0.3, -0.25) is 5.14 Å². The van der Waals surface area contributed by atoms with E-state index in [1.807, 2.05) is 62.4 Å². The first-order valence-corrected chi connectivity index (χ1v) is 11.2. The van der Waals surface area contributed by atoms with E-state index in [1.54, 1.807) is 25.1 Å². The van der Waals surface area contributed by atoms with Crippen molar-refractivity contribution in [2.45, 2.75) is 25.7 Å². The highest BCUT2D eigenvalue weighted by molar-refractivity contribution is 9.10. The fourth-order valence-electron chi connectivity index (χ4n) is 2.32. The molecule has 0 spiro atoms. The molecule has 1 unspecified atom stereocenters. The number of hydrogen-bond donors (Lipinski definition) is 2. The fraction of sp³-hybridized carbons (Fsp3) is 0.190. The van der Waals surface area contributed by atoms with Crippen molar-refractivity contribution in [1.82, 2.24) is 3.97 Å². The van der Waals surface area contributed by atoms with Crippen LogP contribution in [0.1, 0.15) is 31.3 Å². The lowest BCUT2D eigenvalue weighted by molar-refractivity contribution is 0.0519. The summed E-state index contributed by atoms with van der Waals surface area (Å²) in [7, 11) is -1.54. The Kier molecular flexibility index (Phi) is 11.6. The van der Waals surface area contributed by atoms with Gasteiger partial charge in [-0.05, 0) is 51.1 Å². The van der Waals surface area contributed by atoms with Gasteiger partial charge in [0.1, 0.15) is 5.69 Å². The van der Waals surface area contributed by atoms with Crippen LogP contribution >= 0.6 is 28.7 Å². The van der Waals surface area contributed by atoms with Gasteiger partial charge in [0.05, 0.1) is 17.0 Å². The van der Waals surface area contributed by atoms with E-state index < -0.39 is 17.0 Å². The first-order valence-electron chi connectivity index (χ1n) is 8.82. The number of nitrogens with zero attached hydrogens (tertiary/aromatic N) is 1. The van der Waals surface area contributed by atoms with Crippen LogP contribution < -0.4 is 5.14 Å². The summed E-state index contributed by atoms with van der Waals surface area (Å²) in [4.78, 5) is 12.9. The maximum Gasteiger partial charge on any atom is 0.355 e. The van der Waals surface area contributed by atoms with Gasteiger partial charge in [0.2, 0.25) is 0 Å². The molecule has 1 heterocycles. The number of aromatic nitrogens is 1. The molecule has 0 aliphatic carbocycles. The number of rotatable bonds is 4. The minimum absolute atomic E-state index is 0.266. The number of carbonyl (C=O) groups excluding carboxylic acids is 1. The van der Waals surface area contributed by atoms with Crippen LogP contribution in [0, 0.1) is 0 Å². The number of thiol groups is 1. The van der Waals surface area contributed by atoms with Crippen LogP contribution in [-0.4, -0.2) is 20.8 Å². The summed E-state index contributed by atoms with van der Waals surface area (Å²) < 4.78 is 20.5. The predicted molar refractivity (Wildman–Crippen MR) is 128 cm³/mol. The molecule has 156 valence electrons. The number of esters is 1. The van der Waals surface area contributed by atoms with Gasteiger partial charge in [-0.15, -0.1) is 12.8 Å². The molecule has 0 aliphatic heterocycles. The third-order valence-corrected chi connectivity index (χ3v) is 5.54. The minimum atomic E-state index is -1.54. The van der Waals surface area contributed by atoms with Crippen molar-refractivity contribution in [1.29, 1.82) is 0 Å². The van der Waals surface area contributed by atoms with E-state index in [2.05, 4.69) is 33.9 Å². The van der Waals surface area contributed by atoms with E-state index in [4.69, 9.17) is 4.74 Å². The van der Waals surface area contributed by atoms with Crippen LogP contribution in [0.25, 0.3) is 10.9 Å². The van der Waals surface area contributed by atoms with Crippen molar-refractivity contribution >= 4 is 56.6 Å². The van der Waals surface area contributed by atoms with Crippen LogP contribution in [-0.2, 0) is 15.7 Å². The molecular formula is C21H25BrN2O3S2. The highest BCUT2D eigenvalue weighted by Gasteiger charge is 2.21. The average Bonchev–Trinajstić information content (AvgIpc) is 3.14. The zero-order valence-corrected chi connectivity index (χ0v) is 19.8. The molecule has 0 saturated heterocycles. The molecule has 0 saturated carbocycles. The molecule has 1 aromatic heterocycles. The predicted octanol–water partition coefficient (Wildman–Crippen LogP) is 5.52. The Bertz CT molecular complexity index is 969. The standard InChI is InChI=1S/C17H14BrNO3S.C4H8.H3NS/c1-2-22-17(20)16-10-12-8-9-13(18)11-15(12)19(16)23(21)14-6-4-3-5-7-14;1-3-4-2;1-2/h3-11H,2H2,1H3;3-4H,1-2H3;2H,1H2. The summed E-state index contributed by atoms with van der Waals surface area (Å²) >= 11 is 6.45. The zero-order valence-electron chi connectivity index (χ0n) is 16.5. The Balaban J connectivity index is 0.000000627. The molecule has 5 nitrogen and oxygen atoms in total. The summed E-state index contributed by atoms with van der Waals surface area (Å²) in [6.07, 6.45) is 4.00.